The molecule has 0 aliphatic carbocycles. The van der Waals surface area contributed by atoms with E-state index < -0.39 is 23.5 Å². The smallest absolute Gasteiger partial charge is 0.430 e. The second-order valence-electron chi connectivity index (χ2n) is 9.25. The van der Waals surface area contributed by atoms with Crippen LogP contribution in [0.1, 0.15) is 21.5 Å². The number of hydrogen-bond acceptors (Lipinski definition) is 4. The zero-order valence-electron chi connectivity index (χ0n) is 20.9. The van der Waals surface area contributed by atoms with Gasteiger partial charge in [0.25, 0.3) is 11.5 Å². The second-order valence-corrected chi connectivity index (χ2v) is 9.25. The van der Waals surface area contributed by atoms with Crippen LogP contribution >= 0.6 is 0 Å². The maximum absolute atomic E-state index is 13.1. The molecule has 0 saturated carbocycles. The van der Waals surface area contributed by atoms with Gasteiger partial charge in [0.2, 0.25) is 0 Å². The highest BCUT2D eigenvalue weighted by atomic mass is 19.4. The number of piperazine rings is 1. The highest BCUT2D eigenvalue weighted by Crippen LogP contribution is 2.50. The number of carbonyl (C=O) groups is 1. The van der Waals surface area contributed by atoms with Crippen molar-refractivity contribution in [3.63, 3.8) is 0 Å². The zero-order chi connectivity index (χ0) is 28.4. The van der Waals surface area contributed by atoms with Crippen molar-refractivity contribution in [3.8, 4) is 16.9 Å². The number of nitrogens with zero attached hydrogens (tertiary/aromatic N) is 2. The first kappa shape index (κ1) is 28.4. The Bertz CT molecular complexity index is 1270. The first-order valence-corrected chi connectivity index (χ1v) is 12.1. The molecule has 0 bridgehead atoms. The van der Waals surface area contributed by atoms with Crippen LogP contribution in [-0.2, 0) is 12.1 Å². The van der Waals surface area contributed by atoms with Gasteiger partial charge in [-0.15, -0.1) is 0 Å². The maximum Gasteiger partial charge on any atom is 0.430 e. The molecule has 1 amide bonds. The summed E-state index contributed by atoms with van der Waals surface area (Å²) in [4.78, 5) is 16.9. The molecule has 1 aliphatic rings. The molecular weight excluding hydrogens is 526 g/mol. The first-order valence-electron chi connectivity index (χ1n) is 12.1. The Morgan fingerprint density at radius 1 is 0.795 bits per heavy atom. The van der Waals surface area contributed by atoms with Crippen LogP contribution in [0.2, 0.25) is 0 Å². The van der Waals surface area contributed by atoms with Gasteiger partial charge in [0.1, 0.15) is 5.75 Å². The summed E-state index contributed by atoms with van der Waals surface area (Å²) >= 11 is 0. The lowest BCUT2D eigenvalue weighted by Crippen LogP contribution is -2.53. The van der Waals surface area contributed by atoms with Crippen LogP contribution in [0.15, 0.2) is 72.8 Å². The topological polar surface area (TPSA) is 53.0 Å². The van der Waals surface area contributed by atoms with Crippen molar-refractivity contribution in [1.82, 2.24) is 9.80 Å². The predicted molar refractivity (Wildman–Crippen MR) is 132 cm³/mol. The minimum Gasteiger partial charge on any atom is -0.496 e. The van der Waals surface area contributed by atoms with Gasteiger partial charge < -0.3 is 14.7 Å². The number of para-hydroxylation sites is 1. The number of rotatable bonds is 6. The van der Waals surface area contributed by atoms with Crippen molar-refractivity contribution in [1.29, 1.82) is 0 Å². The summed E-state index contributed by atoms with van der Waals surface area (Å²) in [6.45, 7) is 3.02. The van der Waals surface area contributed by atoms with Crippen molar-refractivity contribution in [2.45, 2.75) is 24.5 Å². The Balaban J connectivity index is 1.38. The summed E-state index contributed by atoms with van der Waals surface area (Å²) in [6, 6.07) is 17.7. The third-order valence-corrected chi connectivity index (χ3v) is 6.81. The average Bonchev–Trinajstić information content (AvgIpc) is 2.92. The quantitative estimate of drug-likeness (QED) is 0.403. The van der Waals surface area contributed by atoms with Gasteiger partial charge >= 0.3 is 12.4 Å². The third-order valence-electron chi connectivity index (χ3n) is 6.81. The molecule has 3 aromatic rings. The molecule has 0 unspecified atom stereocenters. The number of aliphatic hydroxyl groups is 1. The summed E-state index contributed by atoms with van der Waals surface area (Å²) in [5, 5.41) is 9.56. The fourth-order valence-electron chi connectivity index (χ4n) is 4.55. The lowest BCUT2D eigenvalue weighted by Gasteiger charge is -2.35. The molecule has 4 rings (SSSR count). The van der Waals surface area contributed by atoms with E-state index in [1.54, 1.807) is 41.3 Å². The Labute approximate surface area is 221 Å². The van der Waals surface area contributed by atoms with Gasteiger partial charge in [-0.25, -0.2) is 0 Å². The number of methoxy groups -OCH3 is 1. The molecule has 0 radical (unpaired) electrons. The molecule has 1 heterocycles. The molecule has 1 N–H and O–H groups in total. The van der Waals surface area contributed by atoms with E-state index in [9.17, 15) is 36.2 Å². The number of carbonyl (C=O) groups excluding carboxylic acids is 1. The molecule has 1 saturated heterocycles. The molecule has 208 valence electrons. The van der Waals surface area contributed by atoms with Crippen LogP contribution in [0.5, 0.6) is 5.75 Å². The van der Waals surface area contributed by atoms with E-state index >= 15 is 0 Å². The number of hydrogen-bond donors (Lipinski definition) is 1. The maximum atomic E-state index is 13.1. The van der Waals surface area contributed by atoms with Gasteiger partial charge in [0.05, 0.1) is 12.7 Å². The van der Waals surface area contributed by atoms with Gasteiger partial charge in [-0.05, 0) is 28.8 Å². The van der Waals surface area contributed by atoms with Crippen molar-refractivity contribution in [2.24, 2.45) is 0 Å². The fraction of sp³-hybridized carbons (Fsp3) is 0.321. The number of alkyl halides is 6. The Kier molecular flexibility index (Phi) is 7.94. The van der Waals surface area contributed by atoms with E-state index in [1.165, 1.54) is 7.11 Å². The van der Waals surface area contributed by atoms with Crippen LogP contribution in [0.4, 0.5) is 26.3 Å². The molecule has 0 spiro atoms. The van der Waals surface area contributed by atoms with Gasteiger partial charge in [-0.2, -0.15) is 26.3 Å². The predicted octanol–water partition coefficient (Wildman–Crippen LogP) is 5.63. The van der Waals surface area contributed by atoms with Gasteiger partial charge in [0.15, 0.2) is 0 Å². The molecule has 5 nitrogen and oxygen atoms in total. The van der Waals surface area contributed by atoms with E-state index in [4.69, 9.17) is 4.74 Å². The minimum atomic E-state index is -5.93. The molecule has 39 heavy (non-hydrogen) atoms. The second kappa shape index (κ2) is 10.9. The minimum absolute atomic E-state index is 0.0913. The van der Waals surface area contributed by atoms with E-state index in [0.717, 1.165) is 17.7 Å². The highest BCUT2D eigenvalue weighted by molar-refractivity contribution is 5.97. The van der Waals surface area contributed by atoms with Crippen molar-refractivity contribution in [2.75, 3.05) is 33.3 Å². The Hall–Kier alpha value is -3.57. The SMILES string of the molecule is COc1ccccc1C(=O)N1CCN(Cc2ccc(-c3ccc(C(O)(C(F)(F)F)C(F)(F)F)cc3)cc2)CC1. The van der Waals surface area contributed by atoms with Crippen LogP contribution in [0, 0.1) is 0 Å². The molecule has 3 aromatic carbocycles. The van der Waals surface area contributed by atoms with E-state index in [2.05, 4.69) is 4.90 Å². The van der Waals surface area contributed by atoms with Crippen LogP contribution in [-0.4, -0.2) is 66.5 Å². The number of amides is 1. The van der Waals surface area contributed by atoms with Gasteiger partial charge in [-0.1, -0.05) is 60.7 Å². The van der Waals surface area contributed by atoms with Gasteiger partial charge in [0, 0.05) is 38.3 Å². The van der Waals surface area contributed by atoms with Crippen molar-refractivity contribution < 1.29 is 41.0 Å². The third kappa shape index (κ3) is 5.74. The molecule has 11 heteroatoms. The Morgan fingerprint density at radius 2 is 1.31 bits per heavy atom. The van der Waals surface area contributed by atoms with E-state index in [1.807, 2.05) is 12.1 Å². The Morgan fingerprint density at radius 3 is 1.82 bits per heavy atom. The summed E-state index contributed by atoms with van der Waals surface area (Å²) in [5.74, 6) is 0.433. The standard InChI is InChI=1S/C28H26F6N2O3/c1-39-24-5-3-2-4-23(24)25(37)36-16-14-35(15-17-36)18-19-6-8-20(9-7-19)21-10-12-22(13-11-21)26(38,27(29,30)31)28(32,33)34/h2-13,38H,14-18H2,1H3. The average molecular weight is 553 g/mol. The molecule has 1 aliphatic heterocycles. The number of benzene rings is 3. The summed E-state index contributed by atoms with van der Waals surface area (Å²) < 4.78 is 84.0. The lowest BCUT2D eigenvalue weighted by molar-refractivity contribution is -0.376. The van der Waals surface area contributed by atoms with Crippen LogP contribution in [0.25, 0.3) is 11.1 Å². The molecular formula is C28H26F6N2O3. The monoisotopic (exact) mass is 552 g/mol. The van der Waals surface area contributed by atoms with Crippen LogP contribution < -0.4 is 4.74 Å². The normalized spacial score (nSPS) is 15.3. The van der Waals surface area contributed by atoms with Crippen LogP contribution in [0.3, 0.4) is 0 Å². The molecule has 0 aromatic heterocycles. The van der Waals surface area contributed by atoms with Gasteiger partial charge in [-0.3, -0.25) is 9.69 Å². The van der Waals surface area contributed by atoms with E-state index in [-0.39, 0.29) is 5.91 Å². The molecule has 0 atom stereocenters. The summed E-state index contributed by atoms with van der Waals surface area (Å²) in [7, 11) is 1.52. The summed E-state index contributed by atoms with van der Waals surface area (Å²) in [6.07, 6.45) is -11.9. The largest absolute Gasteiger partial charge is 0.496 e. The highest BCUT2D eigenvalue weighted by Gasteiger charge is 2.71. The first-order chi connectivity index (χ1) is 18.3. The molecule has 1 fully saturated rings. The van der Waals surface area contributed by atoms with E-state index in [0.29, 0.717) is 67.3 Å². The number of halogens is 6. The fourth-order valence-corrected chi connectivity index (χ4v) is 4.55. The lowest BCUT2D eigenvalue weighted by atomic mass is 9.90. The van der Waals surface area contributed by atoms with Crippen molar-refractivity contribution in [3.05, 3.63) is 89.5 Å². The number of ether oxygens (including phenoxy) is 1. The zero-order valence-corrected chi connectivity index (χ0v) is 20.9. The summed E-state index contributed by atoms with van der Waals surface area (Å²) in [5.41, 5.74) is -3.78. The van der Waals surface area contributed by atoms with Crippen molar-refractivity contribution >= 4 is 5.91 Å².